The summed E-state index contributed by atoms with van der Waals surface area (Å²) in [6, 6.07) is 4.90. The molecular weight excluding hydrogens is 409 g/mol. The monoisotopic (exact) mass is 422 g/mol. The predicted octanol–water partition coefficient (Wildman–Crippen LogP) is 4.66. The molecule has 0 fully saturated rings. The molecule has 1 aromatic carbocycles. The fourth-order valence-corrected chi connectivity index (χ4v) is 4.58. The minimum absolute atomic E-state index is 0.167. The average molecular weight is 422 g/mol. The second-order valence-electron chi connectivity index (χ2n) is 6.23. The first-order valence-electron chi connectivity index (χ1n) is 8.19. The van der Waals surface area contributed by atoms with Gasteiger partial charge in [0.25, 0.3) is 5.56 Å². The number of hydrogen-bond donors (Lipinski definition) is 0. The van der Waals surface area contributed by atoms with Gasteiger partial charge >= 0.3 is 6.18 Å². The number of aryl methyl sites for hydroxylation is 2. The molecule has 3 heterocycles. The molecule has 3 aromatic heterocycles. The molecule has 5 nitrogen and oxygen atoms in total. The van der Waals surface area contributed by atoms with Gasteiger partial charge in [0.15, 0.2) is 4.83 Å². The zero-order valence-electron chi connectivity index (χ0n) is 14.7. The first-order valence-corrected chi connectivity index (χ1v) is 9.78. The van der Waals surface area contributed by atoms with Crippen LogP contribution < -0.4 is 5.56 Å². The topological polar surface area (TPSA) is 60.7 Å². The van der Waals surface area contributed by atoms with Crippen molar-refractivity contribution in [1.29, 1.82) is 0 Å². The third kappa shape index (κ3) is 3.33. The normalized spacial score (nSPS) is 12.0. The Balaban J connectivity index is 1.66. The maximum atomic E-state index is 12.7. The number of halogens is 3. The number of aromatic nitrogens is 4. The summed E-state index contributed by atoms with van der Waals surface area (Å²) in [6.07, 6.45) is -2.89. The number of thiazole rings is 1. The molecule has 28 heavy (non-hydrogen) atoms. The van der Waals surface area contributed by atoms with Gasteiger partial charge in [-0.25, -0.2) is 9.97 Å². The first kappa shape index (κ1) is 18.8. The number of alkyl halides is 3. The number of benzene rings is 1. The largest absolute Gasteiger partial charge is 0.416 e. The van der Waals surface area contributed by atoms with Gasteiger partial charge < -0.3 is 0 Å². The van der Waals surface area contributed by atoms with E-state index < -0.39 is 11.7 Å². The van der Waals surface area contributed by atoms with E-state index in [2.05, 4.69) is 14.3 Å². The van der Waals surface area contributed by atoms with Gasteiger partial charge in [-0.1, -0.05) is 12.1 Å². The van der Waals surface area contributed by atoms with Crippen molar-refractivity contribution in [2.24, 2.45) is 0 Å². The van der Waals surface area contributed by atoms with Gasteiger partial charge in [-0.15, -0.1) is 11.3 Å². The molecule has 0 saturated heterocycles. The highest BCUT2D eigenvalue weighted by Crippen LogP contribution is 2.33. The molecule has 10 heteroatoms. The van der Waals surface area contributed by atoms with Gasteiger partial charge in [0.2, 0.25) is 0 Å². The van der Waals surface area contributed by atoms with Crippen molar-refractivity contribution in [1.82, 2.24) is 18.9 Å². The molecule has 4 aromatic rings. The molecule has 0 aliphatic rings. The number of fused-ring (bicyclic) bond motifs is 1. The Hall–Kier alpha value is -2.59. The van der Waals surface area contributed by atoms with E-state index >= 15 is 0 Å². The third-order valence-corrected chi connectivity index (χ3v) is 6.34. The van der Waals surface area contributed by atoms with E-state index in [0.29, 0.717) is 33.0 Å². The summed E-state index contributed by atoms with van der Waals surface area (Å²) in [6.45, 7) is 3.88. The van der Waals surface area contributed by atoms with Crippen LogP contribution >= 0.6 is 22.9 Å². The van der Waals surface area contributed by atoms with Crippen molar-refractivity contribution < 1.29 is 13.2 Å². The molecule has 0 atom stereocenters. The number of hydrogen-bond acceptors (Lipinski definition) is 6. The molecule has 0 bridgehead atoms. The van der Waals surface area contributed by atoms with Crippen molar-refractivity contribution in [2.45, 2.75) is 26.6 Å². The van der Waals surface area contributed by atoms with Crippen molar-refractivity contribution in [3.63, 3.8) is 0 Å². The van der Waals surface area contributed by atoms with Crippen LogP contribution in [0.1, 0.15) is 21.8 Å². The summed E-state index contributed by atoms with van der Waals surface area (Å²) in [5, 5.41) is 1.12. The standard InChI is InChI=1S/C18H13F3N4OS2/c1-9-13(7-25-8-22-16-14(17(25)26)10(2)24-28-16)27-15(23-9)11-3-5-12(6-4-11)18(19,20)21/h3-6,8H,7H2,1-2H3. The van der Waals surface area contributed by atoms with E-state index in [4.69, 9.17) is 0 Å². The van der Waals surface area contributed by atoms with Crippen LogP contribution in [-0.4, -0.2) is 18.9 Å². The first-order chi connectivity index (χ1) is 13.2. The van der Waals surface area contributed by atoms with E-state index in [1.165, 1.54) is 45.9 Å². The molecule has 0 spiro atoms. The third-order valence-electron chi connectivity index (χ3n) is 4.30. The van der Waals surface area contributed by atoms with Crippen LogP contribution in [0, 0.1) is 13.8 Å². The molecule has 0 amide bonds. The molecule has 0 N–H and O–H groups in total. The number of rotatable bonds is 3. The summed E-state index contributed by atoms with van der Waals surface area (Å²) in [4.78, 5) is 22.9. The van der Waals surface area contributed by atoms with Gasteiger partial charge in [0, 0.05) is 10.4 Å². The highest BCUT2D eigenvalue weighted by molar-refractivity contribution is 7.15. The Kier molecular flexibility index (Phi) is 4.54. The lowest BCUT2D eigenvalue weighted by Crippen LogP contribution is -2.21. The molecule has 0 aliphatic carbocycles. The second kappa shape index (κ2) is 6.78. The lowest BCUT2D eigenvalue weighted by atomic mass is 10.1. The molecular formula is C18H13F3N4OS2. The Morgan fingerprint density at radius 2 is 1.82 bits per heavy atom. The van der Waals surface area contributed by atoms with Crippen molar-refractivity contribution in [3.05, 3.63) is 62.8 Å². The fourth-order valence-electron chi connectivity index (χ4n) is 2.78. The Bertz CT molecular complexity index is 1220. The lowest BCUT2D eigenvalue weighted by Gasteiger charge is -2.06. The van der Waals surface area contributed by atoms with Gasteiger partial charge in [0.1, 0.15) is 5.01 Å². The van der Waals surface area contributed by atoms with Crippen LogP contribution in [0.15, 0.2) is 35.4 Å². The molecule has 0 saturated carbocycles. The Labute approximate surface area is 165 Å². The lowest BCUT2D eigenvalue weighted by molar-refractivity contribution is -0.137. The molecule has 4 rings (SSSR count). The van der Waals surface area contributed by atoms with Crippen molar-refractivity contribution >= 4 is 33.1 Å². The fraction of sp³-hybridized carbons (Fsp3) is 0.222. The summed E-state index contributed by atoms with van der Waals surface area (Å²) in [7, 11) is 0. The number of nitrogens with zero attached hydrogens (tertiary/aromatic N) is 4. The van der Waals surface area contributed by atoms with Crippen LogP contribution in [0.2, 0.25) is 0 Å². The van der Waals surface area contributed by atoms with Crippen molar-refractivity contribution in [3.8, 4) is 10.6 Å². The summed E-state index contributed by atoms with van der Waals surface area (Å²) in [5.74, 6) is 0. The molecule has 144 valence electrons. The zero-order valence-corrected chi connectivity index (χ0v) is 16.4. The van der Waals surface area contributed by atoms with Crippen molar-refractivity contribution in [2.75, 3.05) is 0 Å². The molecule has 0 aliphatic heterocycles. The summed E-state index contributed by atoms with van der Waals surface area (Å²) >= 11 is 2.53. The zero-order chi connectivity index (χ0) is 20.1. The Morgan fingerprint density at radius 1 is 1.11 bits per heavy atom. The maximum absolute atomic E-state index is 12.7. The second-order valence-corrected chi connectivity index (χ2v) is 8.06. The highest BCUT2D eigenvalue weighted by atomic mass is 32.1. The maximum Gasteiger partial charge on any atom is 0.416 e. The van der Waals surface area contributed by atoms with Gasteiger partial charge in [-0.2, -0.15) is 17.5 Å². The van der Waals surface area contributed by atoms with Crippen LogP contribution in [0.5, 0.6) is 0 Å². The van der Waals surface area contributed by atoms with E-state index in [-0.39, 0.29) is 5.56 Å². The smallest absolute Gasteiger partial charge is 0.293 e. The van der Waals surface area contributed by atoms with E-state index in [1.54, 1.807) is 6.92 Å². The summed E-state index contributed by atoms with van der Waals surface area (Å²) < 4.78 is 43.9. The van der Waals surface area contributed by atoms with E-state index in [9.17, 15) is 18.0 Å². The Morgan fingerprint density at radius 3 is 2.50 bits per heavy atom. The van der Waals surface area contributed by atoms with Crippen LogP contribution in [0.4, 0.5) is 13.2 Å². The highest BCUT2D eigenvalue weighted by Gasteiger charge is 2.30. The summed E-state index contributed by atoms with van der Waals surface area (Å²) in [5.41, 5.74) is 1.12. The van der Waals surface area contributed by atoms with Crippen LogP contribution in [0.25, 0.3) is 20.8 Å². The van der Waals surface area contributed by atoms with Crippen LogP contribution in [0.3, 0.4) is 0 Å². The minimum atomic E-state index is -4.37. The predicted molar refractivity (Wildman–Crippen MR) is 103 cm³/mol. The minimum Gasteiger partial charge on any atom is -0.293 e. The van der Waals surface area contributed by atoms with E-state index in [1.807, 2.05) is 6.92 Å². The van der Waals surface area contributed by atoms with Crippen LogP contribution in [-0.2, 0) is 12.7 Å². The van der Waals surface area contributed by atoms with Gasteiger partial charge in [0.05, 0.1) is 35.2 Å². The quantitative estimate of drug-likeness (QED) is 0.482. The molecule has 0 unspecified atom stereocenters. The van der Waals surface area contributed by atoms with Gasteiger partial charge in [-0.05, 0) is 37.5 Å². The SMILES string of the molecule is Cc1nc(-c2ccc(C(F)(F)F)cc2)sc1Cn1cnc2snc(C)c2c1=O. The average Bonchev–Trinajstić information content (AvgIpc) is 3.20. The molecule has 0 radical (unpaired) electrons. The van der Waals surface area contributed by atoms with E-state index in [0.717, 1.165) is 22.7 Å². The van der Waals surface area contributed by atoms with Gasteiger partial charge in [-0.3, -0.25) is 9.36 Å².